The van der Waals surface area contributed by atoms with Crippen LogP contribution in [0.3, 0.4) is 0 Å². The number of nitrogens with zero attached hydrogens (tertiary/aromatic N) is 1. The van der Waals surface area contributed by atoms with Gasteiger partial charge in [-0.3, -0.25) is 9.69 Å². The molecule has 1 aliphatic rings. The van der Waals surface area contributed by atoms with Gasteiger partial charge in [-0.15, -0.1) is 0 Å². The fourth-order valence-electron chi connectivity index (χ4n) is 1.75. The van der Waals surface area contributed by atoms with Gasteiger partial charge in [-0.25, -0.2) is 0 Å². The molecule has 0 aromatic carbocycles. The quantitative estimate of drug-likeness (QED) is 0.679. The Morgan fingerprint density at radius 3 is 3.14 bits per heavy atom. The second kappa shape index (κ2) is 3.94. The normalized spacial score (nSPS) is 22.8. The fraction of sp³-hybridized carbons (Fsp3) is 0.500. The van der Waals surface area contributed by atoms with E-state index in [2.05, 4.69) is 4.98 Å². The van der Waals surface area contributed by atoms with Gasteiger partial charge in [0.1, 0.15) is 0 Å². The number of carbonyl (C=O) groups is 1. The largest absolute Gasteiger partial charge is 0.392 e. The molecule has 1 aromatic rings. The summed E-state index contributed by atoms with van der Waals surface area (Å²) in [5, 5.41) is 9.28. The summed E-state index contributed by atoms with van der Waals surface area (Å²) in [6, 6.07) is 3.58. The van der Waals surface area contributed by atoms with E-state index in [0.29, 0.717) is 18.8 Å². The molecule has 1 aliphatic heterocycles. The van der Waals surface area contributed by atoms with E-state index in [1.807, 2.05) is 11.0 Å². The molecule has 1 atom stereocenters. The van der Waals surface area contributed by atoms with Crippen molar-refractivity contribution in [2.24, 2.45) is 0 Å². The van der Waals surface area contributed by atoms with Crippen molar-refractivity contribution in [3.63, 3.8) is 0 Å². The van der Waals surface area contributed by atoms with Crippen LogP contribution in [0.2, 0.25) is 0 Å². The number of aliphatic hydroxyl groups is 1. The predicted molar refractivity (Wildman–Crippen MR) is 52.2 cm³/mol. The fourth-order valence-corrected chi connectivity index (χ4v) is 1.75. The van der Waals surface area contributed by atoms with Gasteiger partial charge in [-0.1, -0.05) is 0 Å². The van der Waals surface area contributed by atoms with Crippen molar-refractivity contribution < 1.29 is 9.90 Å². The third-order valence-electron chi connectivity index (χ3n) is 2.51. The summed E-state index contributed by atoms with van der Waals surface area (Å²) < 4.78 is 0. The zero-order valence-electron chi connectivity index (χ0n) is 7.94. The molecule has 1 saturated heterocycles. The Kier molecular flexibility index (Phi) is 2.65. The standard InChI is InChI=1S/C10H14N2O2/c13-8-3-5-12(6-8)7-10(14)9-2-1-4-11-9/h1-2,4,8,11,13H,3,5-7H2. The van der Waals surface area contributed by atoms with E-state index in [-0.39, 0.29) is 11.9 Å². The van der Waals surface area contributed by atoms with Gasteiger partial charge in [0.25, 0.3) is 0 Å². The lowest BCUT2D eigenvalue weighted by atomic mass is 10.3. The second-order valence-electron chi connectivity index (χ2n) is 3.68. The first-order chi connectivity index (χ1) is 6.75. The number of aliphatic hydroxyl groups excluding tert-OH is 1. The Bertz CT molecular complexity index is 308. The molecule has 0 spiro atoms. The van der Waals surface area contributed by atoms with E-state index < -0.39 is 0 Å². The lowest BCUT2D eigenvalue weighted by Gasteiger charge is -2.12. The minimum absolute atomic E-state index is 0.0871. The number of aromatic amines is 1. The molecular weight excluding hydrogens is 180 g/mol. The average Bonchev–Trinajstić information content (AvgIpc) is 2.75. The highest BCUT2D eigenvalue weighted by Crippen LogP contribution is 2.09. The number of aromatic nitrogens is 1. The highest BCUT2D eigenvalue weighted by Gasteiger charge is 2.22. The molecular formula is C10H14N2O2. The Balaban J connectivity index is 1.89. The van der Waals surface area contributed by atoms with Crippen LogP contribution in [0.4, 0.5) is 0 Å². The minimum Gasteiger partial charge on any atom is -0.392 e. The lowest BCUT2D eigenvalue weighted by Crippen LogP contribution is -2.28. The summed E-state index contributed by atoms with van der Waals surface area (Å²) in [4.78, 5) is 16.5. The SMILES string of the molecule is O=C(CN1CCC(O)C1)c1ccc[nH]1. The summed E-state index contributed by atoms with van der Waals surface area (Å²) in [7, 11) is 0. The van der Waals surface area contributed by atoms with Crippen LogP contribution in [-0.2, 0) is 0 Å². The molecule has 2 N–H and O–H groups in total. The van der Waals surface area contributed by atoms with Crippen LogP contribution in [0.25, 0.3) is 0 Å². The van der Waals surface area contributed by atoms with Crippen LogP contribution >= 0.6 is 0 Å². The van der Waals surface area contributed by atoms with E-state index >= 15 is 0 Å². The molecule has 0 amide bonds. The third-order valence-corrected chi connectivity index (χ3v) is 2.51. The van der Waals surface area contributed by atoms with Crippen molar-refractivity contribution >= 4 is 5.78 Å². The van der Waals surface area contributed by atoms with Crippen molar-refractivity contribution in [3.8, 4) is 0 Å². The smallest absolute Gasteiger partial charge is 0.192 e. The topological polar surface area (TPSA) is 56.3 Å². The van der Waals surface area contributed by atoms with Gasteiger partial charge in [-0.05, 0) is 18.6 Å². The van der Waals surface area contributed by atoms with Crippen LogP contribution < -0.4 is 0 Å². The maximum atomic E-state index is 11.6. The second-order valence-corrected chi connectivity index (χ2v) is 3.68. The molecule has 1 unspecified atom stereocenters. The number of likely N-dealkylation sites (tertiary alicyclic amines) is 1. The number of rotatable bonds is 3. The number of carbonyl (C=O) groups excluding carboxylic acids is 1. The van der Waals surface area contributed by atoms with Gasteiger partial charge in [0.05, 0.1) is 18.3 Å². The van der Waals surface area contributed by atoms with Crippen molar-refractivity contribution in [2.45, 2.75) is 12.5 Å². The molecule has 1 aromatic heterocycles. The zero-order chi connectivity index (χ0) is 9.97. The first-order valence-electron chi connectivity index (χ1n) is 4.83. The molecule has 4 heteroatoms. The van der Waals surface area contributed by atoms with Crippen molar-refractivity contribution in [1.29, 1.82) is 0 Å². The number of hydrogen-bond donors (Lipinski definition) is 2. The van der Waals surface area contributed by atoms with Gasteiger partial charge in [0.15, 0.2) is 5.78 Å². The molecule has 0 bridgehead atoms. The first-order valence-corrected chi connectivity index (χ1v) is 4.83. The first kappa shape index (κ1) is 9.43. The Morgan fingerprint density at radius 2 is 2.57 bits per heavy atom. The zero-order valence-corrected chi connectivity index (χ0v) is 7.94. The molecule has 0 radical (unpaired) electrons. The minimum atomic E-state index is -0.258. The maximum absolute atomic E-state index is 11.6. The van der Waals surface area contributed by atoms with Gasteiger partial charge >= 0.3 is 0 Å². The summed E-state index contributed by atoms with van der Waals surface area (Å²) in [5.74, 6) is 0.0871. The summed E-state index contributed by atoms with van der Waals surface area (Å²) in [6.45, 7) is 1.83. The van der Waals surface area contributed by atoms with Crippen molar-refractivity contribution in [1.82, 2.24) is 9.88 Å². The van der Waals surface area contributed by atoms with Crippen LogP contribution in [0.5, 0.6) is 0 Å². The van der Waals surface area contributed by atoms with E-state index in [1.165, 1.54) is 0 Å². The molecule has 76 valence electrons. The van der Waals surface area contributed by atoms with Gasteiger partial charge in [0.2, 0.25) is 0 Å². The van der Waals surface area contributed by atoms with Crippen molar-refractivity contribution in [2.75, 3.05) is 19.6 Å². The Hall–Kier alpha value is -1.13. The van der Waals surface area contributed by atoms with E-state index in [4.69, 9.17) is 0 Å². The predicted octanol–water partition coefficient (Wildman–Crippen LogP) is 0.264. The van der Waals surface area contributed by atoms with Gasteiger partial charge in [-0.2, -0.15) is 0 Å². The number of β-amino-alcohol motifs (C(OH)–C–C–N with tert-alkyl or cyclic N) is 1. The number of ketones is 1. The molecule has 2 heterocycles. The maximum Gasteiger partial charge on any atom is 0.192 e. The van der Waals surface area contributed by atoms with Crippen molar-refractivity contribution in [3.05, 3.63) is 24.0 Å². The van der Waals surface area contributed by atoms with Crippen LogP contribution in [0.15, 0.2) is 18.3 Å². The van der Waals surface area contributed by atoms with Crippen LogP contribution in [0.1, 0.15) is 16.9 Å². The third kappa shape index (κ3) is 2.02. The highest BCUT2D eigenvalue weighted by molar-refractivity contribution is 5.95. The summed E-state index contributed by atoms with van der Waals surface area (Å²) in [5.41, 5.74) is 0.645. The highest BCUT2D eigenvalue weighted by atomic mass is 16.3. The molecule has 0 saturated carbocycles. The van der Waals surface area contributed by atoms with E-state index in [1.54, 1.807) is 12.3 Å². The molecule has 1 fully saturated rings. The summed E-state index contributed by atoms with van der Waals surface area (Å²) >= 11 is 0. The molecule has 14 heavy (non-hydrogen) atoms. The molecule has 2 rings (SSSR count). The Morgan fingerprint density at radius 1 is 1.71 bits per heavy atom. The number of hydrogen-bond acceptors (Lipinski definition) is 3. The molecule has 0 aliphatic carbocycles. The van der Waals surface area contributed by atoms with Crippen LogP contribution in [-0.4, -0.2) is 46.5 Å². The number of nitrogens with one attached hydrogen (secondary N) is 1. The van der Waals surface area contributed by atoms with E-state index in [9.17, 15) is 9.90 Å². The summed E-state index contributed by atoms with van der Waals surface area (Å²) in [6.07, 6.45) is 2.26. The monoisotopic (exact) mass is 194 g/mol. The number of H-pyrrole nitrogens is 1. The average molecular weight is 194 g/mol. The number of Topliss-reactive ketones (excluding diaryl/α,β-unsaturated/α-hetero) is 1. The van der Waals surface area contributed by atoms with Gasteiger partial charge < -0.3 is 10.1 Å². The van der Waals surface area contributed by atoms with Crippen LogP contribution in [0, 0.1) is 0 Å². The van der Waals surface area contributed by atoms with E-state index in [0.717, 1.165) is 13.0 Å². The molecule has 4 nitrogen and oxygen atoms in total. The van der Waals surface area contributed by atoms with Gasteiger partial charge in [0, 0.05) is 19.3 Å². The lowest BCUT2D eigenvalue weighted by molar-refractivity contribution is 0.0930. The Labute approximate surface area is 82.5 Å².